The van der Waals surface area contributed by atoms with Gasteiger partial charge >= 0.3 is 0 Å². The van der Waals surface area contributed by atoms with Crippen LogP contribution < -0.4 is 9.47 Å². The number of pyridine rings is 2. The Morgan fingerprint density at radius 3 is 1.32 bits per heavy atom. The molecule has 140 valence electrons. The molecule has 2 aromatic carbocycles. The van der Waals surface area contributed by atoms with Crippen molar-refractivity contribution in [3.63, 3.8) is 0 Å². The molecule has 0 aliphatic rings. The van der Waals surface area contributed by atoms with Gasteiger partial charge in [-0.15, -0.1) is 0 Å². The van der Waals surface area contributed by atoms with Crippen molar-refractivity contribution < 1.29 is 9.47 Å². The van der Waals surface area contributed by atoms with Gasteiger partial charge in [-0.2, -0.15) is 0 Å². The van der Waals surface area contributed by atoms with E-state index in [0.717, 1.165) is 38.6 Å². The Bertz CT molecular complexity index is 1070. The van der Waals surface area contributed by atoms with Crippen molar-refractivity contribution in [2.24, 2.45) is 0 Å². The van der Waals surface area contributed by atoms with Crippen LogP contribution in [0.1, 0.15) is 0 Å². The number of hydrogen-bond acceptors (Lipinski definition) is 4. The highest BCUT2D eigenvalue weighted by Crippen LogP contribution is 2.41. The summed E-state index contributed by atoms with van der Waals surface area (Å²) in [5.74, 6) is 2.42. The number of halogens is 4. The van der Waals surface area contributed by atoms with Gasteiger partial charge in [0, 0.05) is 0 Å². The lowest BCUT2D eigenvalue weighted by Crippen LogP contribution is -2.00. The van der Waals surface area contributed by atoms with Crippen LogP contribution in [-0.4, -0.2) is 9.97 Å². The van der Waals surface area contributed by atoms with E-state index in [9.17, 15) is 0 Å². The second-order valence-corrected chi connectivity index (χ2v) is 9.36. The molecule has 0 amide bonds. The number of fused-ring (bicyclic) bond motifs is 1. The molecule has 0 unspecified atom stereocenters. The van der Waals surface area contributed by atoms with Gasteiger partial charge in [-0.3, -0.25) is 0 Å². The Hall–Kier alpha value is -0.980. The highest BCUT2D eigenvalue weighted by molar-refractivity contribution is 14.1. The molecule has 0 radical (unpaired) electrons. The minimum Gasteiger partial charge on any atom is -0.438 e. The van der Waals surface area contributed by atoms with Gasteiger partial charge in [0.2, 0.25) is 11.8 Å². The van der Waals surface area contributed by atoms with Gasteiger partial charge in [0.15, 0.2) is 0 Å². The molecule has 0 aliphatic carbocycles. The first-order valence-corrected chi connectivity index (χ1v) is 11.8. The van der Waals surface area contributed by atoms with E-state index >= 15 is 0 Å². The Balaban J connectivity index is 1.82. The maximum absolute atomic E-state index is 5.98. The smallest absolute Gasteiger partial charge is 0.235 e. The SMILES string of the molecule is Brc1c(Oc2ccccc2)nc2c(I)c(Br)c(Oc3ccccc3)nc2c1I. The fraction of sp³-hybridized carbons (Fsp3) is 0. The van der Waals surface area contributed by atoms with Crippen molar-refractivity contribution >= 4 is 88.1 Å². The van der Waals surface area contributed by atoms with Gasteiger partial charge < -0.3 is 9.47 Å². The van der Waals surface area contributed by atoms with Gasteiger partial charge in [-0.1, -0.05) is 36.4 Å². The fourth-order valence-corrected chi connectivity index (χ4v) is 4.37. The van der Waals surface area contributed by atoms with Crippen LogP contribution in [0.15, 0.2) is 69.6 Å². The van der Waals surface area contributed by atoms with Crippen molar-refractivity contribution in [3.05, 3.63) is 76.7 Å². The number of ether oxygens (including phenoxy) is 2. The number of hydrogen-bond donors (Lipinski definition) is 0. The molecule has 0 N–H and O–H groups in total. The van der Waals surface area contributed by atoms with Crippen LogP contribution in [0, 0.1) is 7.14 Å². The van der Waals surface area contributed by atoms with Crippen LogP contribution in [0.5, 0.6) is 23.3 Å². The molecule has 0 aliphatic heterocycles. The summed E-state index contributed by atoms with van der Waals surface area (Å²) >= 11 is 11.7. The average molecular weight is 724 g/mol. The Morgan fingerprint density at radius 2 is 0.964 bits per heavy atom. The van der Waals surface area contributed by atoms with E-state index in [-0.39, 0.29) is 0 Å². The van der Waals surface area contributed by atoms with E-state index in [1.54, 1.807) is 0 Å². The largest absolute Gasteiger partial charge is 0.438 e. The highest BCUT2D eigenvalue weighted by Gasteiger charge is 2.21. The molecule has 0 fully saturated rings. The molecule has 0 atom stereocenters. The quantitative estimate of drug-likeness (QED) is 0.201. The van der Waals surface area contributed by atoms with Crippen LogP contribution in [0.2, 0.25) is 0 Å². The molecule has 0 saturated heterocycles. The number of para-hydroxylation sites is 2. The summed E-state index contributed by atoms with van der Waals surface area (Å²) in [4.78, 5) is 9.42. The minimum absolute atomic E-state index is 0.492. The summed E-state index contributed by atoms with van der Waals surface area (Å²) in [6.45, 7) is 0. The van der Waals surface area contributed by atoms with Gasteiger partial charge in [0.25, 0.3) is 0 Å². The summed E-state index contributed by atoms with van der Waals surface area (Å²) < 4.78 is 15.3. The van der Waals surface area contributed by atoms with Crippen molar-refractivity contribution in [1.82, 2.24) is 9.97 Å². The summed E-state index contributed by atoms with van der Waals surface area (Å²) in [6.07, 6.45) is 0. The fourth-order valence-electron chi connectivity index (χ4n) is 2.44. The molecule has 4 aromatic rings. The van der Waals surface area contributed by atoms with Crippen LogP contribution in [0.25, 0.3) is 11.0 Å². The first kappa shape index (κ1) is 20.3. The molecule has 2 heterocycles. The Kier molecular flexibility index (Phi) is 6.38. The molecule has 4 rings (SSSR count). The molecular weight excluding hydrogens is 714 g/mol. The molecular formula is C20H10Br2I2N2O2. The maximum Gasteiger partial charge on any atom is 0.235 e. The summed E-state index contributed by atoms with van der Waals surface area (Å²) in [5.41, 5.74) is 1.48. The predicted octanol–water partition coefficient (Wildman–Crippen LogP) is 7.95. The minimum atomic E-state index is 0.492. The van der Waals surface area contributed by atoms with E-state index in [1.807, 2.05) is 60.7 Å². The van der Waals surface area contributed by atoms with Crippen LogP contribution in [-0.2, 0) is 0 Å². The standard InChI is InChI=1S/C20H10Br2I2N2O2/c21-13-15(23)18-17(25-19(13)27-11-7-3-1-4-8-11)16(24)14(22)20(26-18)28-12-9-5-2-6-10-12/h1-10H. The zero-order chi connectivity index (χ0) is 19.7. The first-order valence-electron chi connectivity index (χ1n) is 8.04. The van der Waals surface area contributed by atoms with Gasteiger partial charge in [0.1, 0.15) is 22.5 Å². The monoisotopic (exact) mass is 722 g/mol. The van der Waals surface area contributed by atoms with Crippen molar-refractivity contribution in [2.75, 3.05) is 0 Å². The zero-order valence-corrected chi connectivity index (χ0v) is 21.5. The third-order valence-corrected chi connectivity index (χ3v) is 8.80. The molecule has 2 aromatic heterocycles. The summed E-state index contributed by atoms with van der Waals surface area (Å²) in [6, 6.07) is 19.1. The molecule has 28 heavy (non-hydrogen) atoms. The molecule has 4 nitrogen and oxygen atoms in total. The first-order chi connectivity index (χ1) is 13.5. The molecule has 0 bridgehead atoms. The highest BCUT2D eigenvalue weighted by atomic mass is 127. The third-order valence-electron chi connectivity index (χ3n) is 3.74. The van der Waals surface area contributed by atoms with Crippen LogP contribution in [0.3, 0.4) is 0 Å². The van der Waals surface area contributed by atoms with Crippen LogP contribution in [0.4, 0.5) is 0 Å². The number of nitrogens with zero attached hydrogens (tertiary/aromatic N) is 2. The van der Waals surface area contributed by atoms with Gasteiger partial charge in [0.05, 0.1) is 16.1 Å². The molecule has 8 heteroatoms. The molecule has 0 saturated carbocycles. The maximum atomic E-state index is 5.98. The zero-order valence-electron chi connectivity index (χ0n) is 14.0. The average Bonchev–Trinajstić information content (AvgIpc) is 2.72. The number of aromatic nitrogens is 2. The lowest BCUT2D eigenvalue weighted by Gasteiger charge is -2.14. The van der Waals surface area contributed by atoms with E-state index in [0.29, 0.717) is 11.8 Å². The Morgan fingerprint density at radius 1 is 0.607 bits per heavy atom. The topological polar surface area (TPSA) is 44.2 Å². The normalized spacial score (nSPS) is 10.9. The summed E-state index contributed by atoms with van der Waals surface area (Å²) in [7, 11) is 0. The number of rotatable bonds is 4. The van der Waals surface area contributed by atoms with Gasteiger partial charge in [-0.05, 0) is 101 Å². The second kappa shape index (κ2) is 8.80. The number of benzene rings is 2. The van der Waals surface area contributed by atoms with Crippen LogP contribution >= 0.6 is 77.0 Å². The van der Waals surface area contributed by atoms with Gasteiger partial charge in [-0.25, -0.2) is 9.97 Å². The third kappa shape index (κ3) is 4.14. The molecule has 0 spiro atoms. The van der Waals surface area contributed by atoms with E-state index in [4.69, 9.17) is 19.4 Å². The predicted molar refractivity (Wildman–Crippen MR) is 133 cm³/mol. The van der Waals surface area contributed by atoms with Crippen molar-refractivity contribution in [2.45, 2.75) is 0 Å². The second-order valence-electron chi connectivity index (χ2n) is 5.62. The lowest BCUT2D eigenvalue weighted by atomic mass is 10.3. The van der Waals surface area contributed by atoms with E-state index in [2.05, 4.69) is 77.0 Å². The van der Waals surface area contributed by atoms with Crippen molar-refractivity contribution in [1.29, 1.82) is 0 Å². The lowest BCUT2D eigenvalue weighted by molar-refractivity contribution is 0.457. The summed E-state index contributed by atoms with van der Waals surface area (Å²) in [5, 5.41) is 0. The van der Waals surface area contributed by atoms with Crippen molar-refractivity contribution in [3.8, 4) is 23.3 Å². The van der Waals surface area contributed by atoms with E-state index < -0.39 is 0 Å². The Labute approximate surface area is 205 Å². The van der Waals surface area contributed by atoms with E-state index in [1.165, 1.54) is 0 Å².